The van der Waals surface area contributed by atoms with E-state index in [2.05, 4.69) is 35.5 Å². The fraction of sp³-hybridized carbons (Fsp3) is 1.00. The van der Waals surface area contributed by atoms with Crippen molar-refractivity contribution < 1.29 is 0 Å². The Bertz CT molecular complexity index is 217. The first kappa shape index (κ1) is 18.9. The molecular formula is C18H39N3. The summed E-state index contributed by atoms with van der Waals surface area (Å²) in [4.78, 5) is 8.01. The second kappa shape index (κ2) is 12.4. The van der Waals surface area contributed by atoms with Crippen molar-refractivity contribution >= 4 is 0 Å². The van der Waals surface area contributed by atoms with E-state index < -0.39 is 0 Å². The topological polar surface area (TPSA) is 9.72 Å². The van der Waals surface area contributed by atoms with Crippen LogP contribution in [0.3, 0.4) is 0 Å². The smallest absolute Gasteiger partial charge is 0.0110 e. The van der Waals surface area contributed by atoms with Crippen LogP contribution in [0.5, 0.6) is 0 Å². The van der Waals surface area contributed by atoms with Gasteiger partial charge >= 0.3 is 0 Å². The first-order valence-corrected chi connectivity index (χ1v) is 9.47. The Morgan fingerprint density at radius 3 is 1.57 bits per heavy atom. The molecule has 1 aliphatic rings. The van der Waals surface area contributed by atoms with Gasteiger partial charge in [0.25, 0.3) is 0 Å². The summed E-state index contributed by atoms with van der Waals surface area (Å²) in [5.74, 6) is 0. The molecule has 3 heteroatoms. The van der Waals surface area contributed by atoms with Crippen molar-refractivity contribution in [3.8, 4) is 0 Å². The molecule has 3 nitrogen and oxygen atoms in total. The highest BCUT2D eigenvalue weighted by Crippen LogP contribution is 2.05. The van der Waals surface area contributed by atoms with Gasteiger partial charge in [-0.3, -0.25) is 4.90 Å². The lowest BCUT2D eigenvalue weighted by atomic mass is 10.2. The van der Waals surface area contributed by atoms with Crippen molar-refractivity contribution in [3.63, 3.8) is 0 Å². The average Bonchev–Trinajstić information content (AvgIpc) is 2.53. The lowest BCUT2D eigenvalue weighted by molar-refractivity contribution is 0.117. The molecule has 21 heavy (non-hydrogen) atoms. The number of piperazine rings is 1. The van der Waals surface area contributed by atoms with Crippen molar-refractivity contribution in [2.24, 2.45) is 0 Å². The normalized spacial score (nSPS) is 17.7. The lowest BCUT2D eigenvalue weighted by Crippen LogP contribution is -2.48. The maximum atomic E-state index is 2.69. The fourth-order valence-corrected chi connectivity index (χ4v) is 3.00. The van der Waals surface area contributed by atoms with Gasteiger partial charge in [0.15, 0.2) is 0 Å². The summed E-state index contributed by atoms with van der Waals surface area (Å²) in [6.07, 6.45) is 8.03. The van der Waals surface area contributed by atoms with Crippen LogP contribution in [0.2, 0.25) is 0 Å². The summed E-state index contributed by atoms with van der Waals surface area (Å²) >= 11 is 0. The third-order valence-electron chi connectivity index (χ3n) is 4.68. The number of rotatable bonds is 12. The number of hydrogen-bond acceptors (Lipinski definition) is 3. The SMILES string of the molecule is CCCCN(CCCC)CCN1CCN(CCCC)CC1. The Kier molecular flexibility index (Phi) is 11.2. The summed E-state index contributed by atoms with van der Waals surface area (Å²) in [5, 5.41) is 0. The molecule has 1 fully saturated rings. The van der Waals surface area contributed by atoms with Crippen molar-refractivity contribution in [3.05, 3.63) is 0 Å². The van der Waals surface area contributed by atoms with Gasteiger partial charge in [0.2, 0.25) is 0 Å². The van der Waals surface area contributed by atoms with Gasteiger partial charge in [0.1, 0.15) is 0 Å². The molecule has 0 radical (unpaired) electrons. The molecule has 1 heterocycles. The fourth-order valence-electron chi connectivity index (χ4n) is 3.00. The number of nitrogens with zero attached hydrogens (tertiary/aromatic N) is 3. The molecule has 0 aromatic rings. The molecule has 0 saturated carbocycles. The predicted octanol–water partition coefficient (Wildman–Crippen LogP) is 3.31. The van der Waals surface area contributed by atoms with E-state index in [0.717, 1.165) is 0 Å². The monoisotopic (exact) mass is 297 g/mol. The minimum Gasteiger partial charge on any atom is -0.302 e. The number of hydrogen-bond donors (Lipinski definition) is 0. The summed E-state index contributed by atoms with van der Waals surface area (Å²) in [5.41, 5.74) is 0. The van der Waals surface area contributed by atoms with Gasteiger partial charge in [-0.25, -0.2) is 0 Å². The highest BCUT2D eigenvalue weighted by molar-refractivity contribution is 4.73. The molecule has 0 amide bonds. The Morgan fingerprint density at radius 1 is 0.619 bits per heavy atom. The Balaban J connectivity index is 2.17. The molecule has 126 valence electrons. The first-order valence-electron chi connectivity index (χ1n) is 9.47. The molecule has 1 rings (SSSR count). The molecule has 0 unspecified atom stereocenters. The molecule has 1 saturated heterocycles. The van der Waals surface area contributed by atoms with E-state index in [1.807, 2.05) is 0 Å². The van der Waals surface area contributed by atoms with Crippen molar-refractivity contribution in [1.29, 1.82) is 0 Å². The molecule has 0 N–H and O–H groups in total. The zero-order valence-corrected chi connectivity index (χ0v) is 14.9. The summed E-state index contributed by atoms with van der Waals surface area (Å²) in [7, 11) is 0. The molecule has 0 aromatic carbocycles. The predicted molar refractivity (Wildman–Crippen MR) is 94.0 cm³/mol. The molecule has 0 aliphatic carbocycles. The summed E-state index contributed by atoms with van der Waals surface area (Å²) in [6, 6.07) is 0. The third-order valence-corrected chi connectivity index (χ3v) is 4.68. The van der Waals surface area contributed by atoms with Crippen LogP contribution in [0, 0.1) is 0 Å². The second-order valence-electron chi connectivity index (χ2n) is 6.59. The summed E-state index contributed by atoms with van der Waals surface area (Å²) in [6.45, 7) is 18.5. The van der Waals surface area contributed by atoms with Gasteiger partial charge in [-0.15, -0.1) is 0 Å². The molecule has 0 atom stereocenters. The first-order chi connectivity index (χ1) is 10.3. The largest absolute Gasteiger partial charge is 0.302 e. The van der Waals surface area contributed by atoms with E-state index in [9.17, 15) is 0 Å². The van der Waals surface area contributed by atoms with Gasteiger partial charge in [-0.1, -0.05) is 40.0 Å². The van der Waals surface area contributed by atoms with Gasteiger partial charge in [0.05, 0.1) is 0 Å². The van der Waals surface area contributed by atoms with Crippen LogP contribution in [0.25, 0.3) is 0 Å². The minimum absolute atomic E-state index is 1.27. The van der Waals surface area contributed by atoms with E-state index in [0.29, 0.717) is 0 Å². The zero-order valence-electron chi connectivity index (χ0n) is 14.9. The third kappa shape index (κ3) is 8.80. The van der Waals surface area contributed by atoms with Crippen molar-refractivity contribution in [1.82, 2.24) is 14.7 Å². The summed E-state index contributed by atoms with van der Waals surface area (Å²) < 4.78 is 0. The highest BCUT2D eigenvalue weighted by Gasteiger charge is 2.16. The molecule has 0 bridgehead atoms. The van der Waals surface area contributed by atoms with Crippen LogP contribution >= 0.6 is 0 Å². The standard InChI is InChI=1S/C18H39N3/c1-4-7-10-19(11-8-5-2)13-16-21-17-14-20(15-18-21)12-9-6-3/h4-18H2,1-3H3. The quantitative estimate of drug-likeness (QED) is 0.547. The molecule has 1 aliphatic heterocycles. The molecule has 0 aromatic heterocycles. The van der Waals surface area contributed by atoms with Gasteiger partial charge in [-0.2, -0.15) is 0 Å². The van der Waals surface area contributed by atoms with Crippen molar-refractivity contribution in [2.45, 2.75) is 59.3 Å². The van der Waals surface area contributed by atoms with Gasteiger partial charge in [0, 0.05) is 39.3 Å². The highest BCUT2D eigenvalue weighted by atomic mass is 15.3. The van der Waals surface area contributed by atoms with Gasteiger partial charge in [-0.05, 0) is 38.9 Å². The van der Waals surface area contributed by atoms with E-state index in [4.69, 9.17) is 0 Å². The van der Waals surface area contributed by atoms with Crippen LogP contribution in [0.1, 0.15) is 59.3 Å². The van der Waals surface area contributed by atoms with Crippen LogP contribution in [-0.4, -0.2) is 73.6 Å². The van der Waals surface area contributed by atoms with E-state index in [-0.39, 0.29) is 0 Å². The molecular weight excluding hydrogens is 258 g/mol. The lowest BCUT2D eigenvalue weighted by Gasteiger charge is -2.35. The van der Waals surface area contributed by atoms with E-state index >= 15 is 0 Å². The van der Waals surface area contributed by atoms with Crippen molar-refractivity contribution in [2.75, 3.05) is 58.9 Å². The van der Waals surface area contributed by atoms with Crippen LogP contribution < -0.4 is 0 Å². The van der Waals surface area contributed by atoms with Gasteiger partial charge < -0.3 is 9.80 Å². The minimum atomic E-state index is 1.27. The van der Waals surface area contributed by atoms with E-state index in [1.165, 1.54) is 97.4 Å². The number of unbranched alkanes of at least 4 members (excludes halogenated alkanes) is 3. The maximum Gasteiger partial charge on any atom is 0.0110 e. The zero-order chi connectivity index (χ0) is 15.3. The Morgan fingerprint density at radius 2 is 1.10 bits per heavy atom. The van der Waals surface area contributed by atoms with Crippen LogP contribution in [0.15, 0.2) is 0 Å². The second-order valence-corrected chi connectivity index (χ2v) is 6.59. The average molecular weight is 298 g/mol. The Hall–Kier alpha value is -0.120. The van der Waals surface area contributed by atoms with Crippen LogP contribution in [-0.2, 0) is 0 Å². The Labute approximate surface area is 133 Å². The van der Waals surface area contributed by atoms with Crippen LogP contribution in [0.4, 0.5) is 0 Å². The molecule has 0 spiro atoms. The van der Waals surface area contributed by atoms with E-state index in [1.54, 1.807) is 0 Å². The maximum absolute atomic E-state index is 2.69.